The normalized spacial score (nSPS) is 10.8. The molecule has 0 aliphatic carbocycles. The fraction of sp³-hybridized carbons (Fsp3) is 0.0500. The van der Waals surface area contributed by atoms with Gasteiger partial charge in [-0.3, -0.25) is 4.79 Å². The molecule has 0 radical (unpaired) electrons. The van der Waals surface area contributed by atoms with E-state index in [0.717, 1.165) is 5.56 Å². The van der Waals surface area contributed by atoms with Crippen LogP contribution < -0.4 is 10.1 Å². The minimum Gasteiger partial charge on any atom is -0.497 e. The van der Waals surface area contributed by atoms with Gasteiger partial charge in [-0.2, -0.15) is 5.26 Å². The van der Waals surface area contributed by atoms with Gasteiger partial charge in [0, 0.05) is 17.3 Å². The van der Waals surface area contributed by atoms with Gasteiger partial charge in [-0.1, -0.05) is 36.4 Å². The van der Waals surface area contributed by atoms with Gasteiger partial charge < -0.3 is 15.0 Å². The SMILES string of the molecule is COc1cccc(NC(=O)C(C#N)=Cc2cnc(-c3ccccc3)[nH]2)c1. The predicted molar refractivity (Wildman–Crippen MR) is 99.2 cm³/mol. The van der Waals surface area contributed by atoms with Gasteiger partial charge in [0.05, 0.1) is 19.0 Å². The van der Waals surface area contributed by atoms with Crippen LogP contribution in [0.25, 0.3) is 17.5 Å². The zero-order valence-corrected chi connectivity index (χ0v) is 14.1. The van der Waals surface area contributed by atoms with E-state index in [1.165, 1.54) is 6.08 Å². The van der Waals surface area contributed by atoms with Crippen molar-refractivity contribution in [2.75, 3.05) is 12.4 Å². The Morgan fingerprint density at radius 3 is 2.77 bits per heavy atom. The first kappa shape index (κ1) is 17.0. The molecule has 6 nitrogen and oxygen atoms in total. The van der Waals surface area contributed by atoms with Gasteiger partial charge in [0.2, 0.25) is 0 Å². The maximum Gasteiger partial charge on any atom is 0.266 e. The summed E-state index contributed by atoms with van der Waals surface area (Å²) in [5.74, 6) is 0.783. The molecule has 0 fully saturated rings. The number of benzene rings is 2. The molecule has 0 spiro atoms. The lowest BCUT2D eigenvalue weighted by Crippen LogP contribution is -2.13. The molecule has 0 atom stereocenters. The number of amides is 1. The number of H-pyrrole nitrogens is 1. The van der Waals surface area contributed by atoms with E-state index in [1.807, 2.05) is 36.4 Å². The van der Waals surface area contributed by atoms with Crippen LogP contribution in [-0.2, 0) is 4.79 Å². The monoisotopic (exact) mass is 344 g/mol. The molecule has 1 aromatic heterocycles. The molecule has 26 heavy (non-hydrogen) atoms. The van der Waals surface area contributed by atoms with E-state index in [-0.39, 0.29) is 5.57 Å². The van der Waals surface area contributed by atoms with Crippen molar-refractivity contribution in [3.8, 4) is 23.2 Å². The topological polar surface area (TPSA) is 90.8 Å². The molecule has 1 amide bonds. The zero-order valence-electron chi connectivity index (χ0n) is 14.1. The van der Waals surface area contributed by atoms with Crippen molar-refractivity contribution in [2.24, 2.45) is 0 Å². The number of hydrogen-bond acceptors (Lipinski definition) is 4. The van der Waals surface area contributed by atoms with Gasteiger partial charge >= 0.3 is 0 Å². The summed E-state index contributed by atoms with van der Waals surface area (Å²) in [6.45, 7) is 0. The molecule has 0 aliphatic heterocycles. The first-order valence-corrected chi connectivity index (χ1v) is 7.87. The number of imidazole rings is 1. The fourth-order valence-corrected chi connectivity index (χ4v) is 2.35. The molecule has 3 rings (SSSR count). The van der Waals surface area contributed by atoms with Crippen molar-refractivity contribution >= 4 is 17.7 Å². The Morgan fingerprint density at radius 2 is 2.04 bits per heavy atom. The molecule has 0 aliphatic rings. The average Bonchev–Trinajstić information content (AvgIpc) is 3.15. The molecule has 2 N–H and O–H groups in total. The molecular formula is C20H16N4O2. The summed E-state index contributed by atoms with van der Waals surface area (Å²) in [6, 6.07) is 18.4. The van der Waals surface area contributed by atoms with E-state index >= 15 is 0 Å². The second-order valence-electron chi connectivity index (χ2n) is 5.41. The van der Waals surface area contributed by atoms with E-state index in [2.05, 4.69) is 15.3 Å². The number of hydrogen-bond donors (Lipinski definition) is 2. The molecule has 2 aromatic carbocycles. The van der Waals surface area contributed by atoms with E-state index < -0.39 is 5.91 Å². The van der Waals surface area contributed by atoms with E-state index in [4.69, 9.17) is 4.74 Å². The summed E-state index contributed by atoms with van der Waals surface area (Å²) in [4.78, 5) is 19.7. The Labute approximate surface area is 150 Å². The van der Waals surface area contributed by atoms with E-state index in [0.29, 0.717) is 23.0 Å². The number of carbonyl (C=O) groups is 1. The van der Waals surface area contributed by atoms with Crippen LogP contribution in [0.5, 0.6) is 5.75 Å². The number of aromatic amines is 1. The fourth-order valence-electron chi connectivity index (χ4n) is 2.35. The number of ether oxygens (including phenoxy) is 1. The Balaban J connectivity index is 1.79. The van der Waals surface area contributed by atoms with Gasteiger partial charge in [-0.05, 0) is 18.2 Å². The van der Waals surface area contributed by atoms with Crippen LogP contribution in [0.15, 0.2) is 66.4 Å². The summed E-state index contributed by atoms with van der Waals surface area (Å²) in [6.07, 6.45) is 3.05. The second-order valence-corrected chi connectivity index (χ2v) is 5.41. The molecule has 6 heteroatoms. The highest BCUT2D eigenvalue weighted by Crippen LogP contribution is 2.19. The van der Waals surface area contributed by atoms with Crippen molar-refractivity contribution in [3.63, 3.8) is 0 Å². The summed E-state index contributed by atoms with van der Waals surface area (Å²) in [5.41, 5.74) is 2.01. The molecule has 3 aromatic rings. The molecule has 0 saturated heterocycles. The number of nitriles is 1. The first-order valence-electron chi connectivity index (χ1n) is 7.87. The number of anilines is 1. The third-order valence-electron chi connectivity index (χ3n) is 3.64. The van der Waals surface area contributed by atoms with Gasteiger partial charge in [0.25, 0.3) is 5.91 Å². The molecule has 0 unspecified atom stereocenters. The van der Waals surface area contributed by atoms with Gasteiger partial charge in [-0.15, -0.1) is 0 Å². The van der Waals surface area contributed by atoms with Crippen molar-refractivity contribution in [3.05, 3.63) is 72.1 Å². The lowest BCUT2D eigenvalue weighted by molar-refractivity contribution is -0.112. The largest absolute Gasteiger partial charge is 0.497 e. The molecular weight excluding hydrogens is 328 g/mol. The van der Waals surface area contributed by atoms with Crippen molar-refractivity contribution < 1.29 is 9.53 Å². The van der Waals surface area contributed by atoms with Crippen molar-refractivity contribution in [1.29, 1.82) is 5.26 Å². The quantitative estimate of drug-likeness (QED) is 0.546. The van der Waals surface area contributed by atoms with Gasteiger partial charge in [0.1, 0.15) is 23.2 Å². The van der Waals surface area contributed by atoms with Gasteiger partial charge in [0.15, 0.2) is 0 Å². The standard InChI is InChI=1S/C20H16N4O2/c1-26-18-9-5-8-16(11-18)24-20(25)15(12-21)10-17-13-22-19(23-17)14-6-3-2-4-7-14/h2-11,13H,1H3,(H,22,23)(H,24,25). The second kappa shape index (κ2) is 7.81. The zero-order chi connectivity index (χ0) is 18.4. The highest BCUT2D eigenvalue weighted by molar-refractivity contribution is 6.09. The van der Waals surface area contributed by atoms with Crippen LogP contribution in [0.1, 0.15) is 5.69 Å². The molecule has 0 bridgehead atoms. The molecule has 128 valence electrons. The molecule has 1 heterocycles. The molecule has 0 saturated carbocycles. The number of rotatable bonds is 5. The lowest BCUT2D eigenvalue weighted by Gasteiger charge is -2.06. The minimum absolute atomic E-state index is 0.0314. The highest BCUT2D eigenvalue weighted by Gasteiger charge is 2.11. The van der Waals surface area contributed by atoms with Crippen LogP contribution in [0, 0.1) is 11.3 Å². The maximum atomic E-state index is 12.3. The Bertz CT molecular complexity index is 984. The Hall–Kier alpha value is -3.85. The Kier molecular flexibility index (Phi) is 5.11. The highest BCUT2D eigenvalue weighted by atomic mass is 16.5. The maximum absolute atomic E-state index is 12.3. The van der Waals surface area contributed by atoms with Crippen molar-refractivity contribution in [2.45, 2.75) is 0 Å². The average molecular weight is 344 g/mol. The predicted octanol–water partition coefficient (Wildman–Crippen LogP) is 3.63. The van der Waals surface area contributed by atoms with Crippen LogP contribution in [-0.4, -0.2) is 23.0 Å². The summed E-state index contributed by atoms with van der Waals surface area (Å²) < 4.78 is 5.12. The number of aromatic nitrogens is 2. The van der Waals surface area contributed by atoms with Crippen molar-refractivity contribution in [1.82, 2.24) is 9.97 Å². The van der Waals surface area contributed by atoms with E-state index in [9.17, 15) is 10.1 Å². The number of carbonyl (C=O) groups excluding carboxylic acids is 1. The number of nitrogens with one attached hydrogen (secondary N) is 2. The lowest BCUT2D eigenvalue weighted by atomic mass is 10.2. The third-order valence-corrected chi connectivity index (χ3v) is 3.64. The van der Waals surface area contributed by atoms with Crippen LogP contribution >= 0.6 is 0 Å². The first-order chi connectivity index (χ1) is 12.7. The Morgan fingerprint density at radius 1 is 1.23 bits per heavy atom. The number of methoxy groups -OCH3 is 1. The minimum atomic E-state index is -0.503. The van der Waals surface area contributed by atoms with Crippen LogP contribution in [0.3, 0.4) is 0 Å². The summed E-state index contributed by atoms with van der Waals surface area (Å²) in [5, 5.41) is 12.0. The number of nitrogens with zero attached hydrogens (tertiary/aromatic N) is 2. The third kappa shape index (κ3) is 3.97. The van der Waals surface area contributed by atoms with Gasteiger partial charge in [-0.25, -0.2) is 4.98 Å². The smallest absolute Gasteiger partial charge is 0.266 e. The van der Waals surface area contributed by atoms with Crippen LogP contribution in [0.2, 0.25) is 0 Å². The summed E-state index contributed by atoms with van der Waals surface area (Å²) >= 11 is 0. The van der Waals surface area contributed by atoms with Crippen LogP contribution in [0.4, 0.5) is 5.69 Å². The van der Waals surface area contributed by atoms with E-state index in [1.54, 1.807) is 37.6 Å². The summed E-state index contributed by atoms with van der Waals surface area (Å²) in [7, 11) is 1.55.